The molecular formula is C26H30O5. The minimum Gasteiger partial charge on any atom is -0.490 e. The van der Waals surface area contributed by atoms with Crippen LogP contribution >= 0.6 is 0 Å². The number of benzene rings is 2. The van der Waals surface area contributed by atoms with Crippen molar-refractivity contribution in [3.05, 3.63) is 89.5 Å². The number of hydrogen-bond acceptors (Lipinski definition) is 5. The molecule has 0 saturated heterocycles. The van der Waals surface area contributed by atoms with E-state index in [9.17, 15) is 9.59 Å². The second kappa shape index (κ2) is 10.6. The highest BCUT2D eigenvalue weighted by molar-refractivity contribution is 5.87. The van der Waals surface area contributed by atoms with E-state index >= 15 is 0 Å². The molecule has 2 aromatic carbocycles. The van der Waals surface area contributed by atoms with Crippen molar-refractivity contribution < 1.29 is 23.8 Å². The minimum absolute atomic E-state index is 0.174. The fourth-order valence-corrected chi connectivity index (χ4v) is 2.84. The van der Waals surface area contributed by atoms with Gasteiger partial charge in [0.15, 0.2) is 0 Å². The second-order valence-electron chi connectivity index (χ2n) is 7.97. The van der Waals surface area contributed by atoms with Gasteiger partial charge in [0.05, 0.1) is 0 Å². The van der Waals surface area contributed by atoms with Gasteiger partial charge in [-0.25, -0.2) is 9.59 Å². The largest absolute Gasteiger partial charge is 0.490 e. The first-order chi connectivity index (χ1) is 14.6. The topological polar surface area (TPSA) is 61.8 Å². The zero-order valence-corrected chi connectivity index (χ0v) is 18.7. The van der Waals surface area contributed by atoms with Gasteiger partial charge in [-0.05, 0) is 42.7 Å². The highest BCUT2D eigenvalue weighted by Gasteiger charge is 2.23. The van der Waals surface area contributed by atoms with Gasteiger partial charge in [0, 0.05) is 16.6 Å². The van der Waals surface area contributed by atoms with Crippen molar-refractivity contribution >= 4 is 11.9 Å². The Morgan fingerprint density at radius 1 is 0.774 bits per heavy atom. The number of ether oxygens (including phenoxy) is 3. The van der Waals surface area contributed by atoms with Crippen molar-refractivity contribution in [1.29, 1.82) is 0 Å². The average Bonchev–Trinajstić information content (AvgIpc) is 2.75. The summed E-state index contributed by atoms with van der Waals surface area (Å²) in [6.45, 7) is 15.3. The van der Waals surface area contributed by atoms with Crippen LogP contribution in [0.3, 0.4) is 0 Å². The van der Waals surface area contributed by atoms with Crippen LogP contribution in [0.4, 0.5) is 0 Å². The van der Waals surface area contributed by atoms with E-state index in [0.717, 1.165) is 16.7 Å². The van der Waals surface area contributed by atoms with Gasteiger partial charge in [0.25, 0.3) is 0 Å². The fourth-order valence-electron chi connectivity index (χ4n) is 2.84. The maximum absolute atomic E-state index is 11.5. The van der Waals surface area contributed by atoms with E-state index in [1.165, 1.54) is 0 Å². The molecule has 0 saturated carbocycles. The molecular weight excluding hydrogens is 392 g/mol. The molecule has 2 aromatic rings. The van der Waals surface area contributed by atoms with Crippen LogP contribution in [0.25, 0.3) is 0 Å². The summed E-state index contributed by atoms with van der Waals surface area (Å²) in [7, 11) is 0. The molecule has 0 fully saturated rings. The Morgan fingerprint density at radius 2 is 1.26 bits per heavy atom. The lowest BCUT2D eigenvalue weighted by atomic mass is 9.78. The maximum Gasteiger partial charge on any atom is 0.333 e. The summed E-state index contributed by atoms with van der Waals surface area (Å²) in [5.41, 5.74) is 3.73. The van der Waals surface area contributed by atoms with E-state index in [1.807, 2.05) is 48.5 Å². The average molecular weight is 423 g/mol. The molecule has 0 aliphatic carbocycles. The molecule has 5 nitrogen and oxygen atoms in total. The fraction of sp³-hybridized carbons (Fsp3) is 0.308. The molecule has 0 atom stereocenters. The summed E-state index contributed by atoms with van der Waals surface area (Å²) < 4.78 is 15.8. The standard InChI is InChI=1S/C26H30O5/c1-18(2)24(27)30-16-15-29-23-13-11-22(12-14-23)26(5,6)21-9-7-20(8-10-21)17-31-25(28)19(3)4/h7-14H,1,3,15-17H2,2,4-6H3. The SMILES string of the molecule is C=C(C)C(=O)OCCOc1ccc(C(C)(C)c2ccc(COC(=O)C(=C)C)cc2)cc1. The van der Waals surface area contributed by atoms with Crippen molar-refractivity contribution in [2.75, 3.05) is 13.2 Å². The number of rotatable bonds is 10. The van der Waals surface area contributed by atoms with Crippen molar-refractivity contribution in [3.63, 3.8) is 0 Å². The highest BCUT2D eigenvalue weighted by atomic mass is 16.6. The minimum atomic E-state index is -0.416. The first kappa shape index (κ1) is 23.9. The first-order valence-corrected chi connectivity index (χ1v) is 10.1. The molecule has 0 radical (unpaired) electrons. The van der Waals surface area contributed by atoms with Crippen LogP contribution in [0.15, 0.2) is 72.8 Å². The number of carbonyl (C=O) groups excluding carboxylic acids is 2. The van der Waals surface area contributed by atoms with E-state index < -0.39 is 5.97 Å². The predicted octanol–water partition coefficient (Wildman–Crippen LogP) is 5.13. The van der Waals surface area contributed by atoms with Gasteiger partial charge >= 0.3 is 11.9 Å². The van der Waals surface area contributed by atoms with Crippen LogP contribution in [0.2, 0.25) is 0 Å². The van der Waals surface area contributed by atoms with Gasteiger partial charge in [0.2, 0.25) is 0 Å². The highest BCUT2D eigenvalue weighted by Crippen LogP contribution is 2.32. The Bertz CT molecular complexity index is 937. The van der Waals surface area contributed by atoms with Crippen molar-refractivity contribution in [2.24, 2.45) is 0 Å². The van der Waals surface area contributed by atoms with Gasteiger partial charge in [0.1, 0.15) is 25.6 Å². The summed E-state index contributed by atoms with van der Waals surface area (Å²) in [4.78, 5) is 22.9. The van der Waals surface area contributed by atoms with Gasteiger partial charge < -0.3 is 14.2 Å². The third kappa shape index (κ3) is 6.85. The van der Waals surface area contributed by atoms with Crippen molar-refractivity contribution in [1.82, 2.24) is 0 Å². The van der Waals surface area contributed by atoms with Gasteiger partial charge in [-0.1, -0.05) is 63.4 Å². The molecule has 0 heterocycles. The van der Waals surface area contributed by atoms with Gasteiger partial charge in [-0.3, -0.25) is 0 Å². The molecule has 2 rings (SSSR count). The summed E-state index contributed by atoms with van der Waals surface area (Å²) in [6, 6.07) is 15.9. The maximum atomic E-state index is 11.5. The third-order valence-corrected chi connectivity index (χ3v) is 4.90. The third-order valence-electron chi connectivity index (χ3n) is 4.90. The summed E-state index contributed by atoms with van der Waals surface area (Å²) in [5, 5.41) is 0. The quantitative estimate of drug-likeness (QED) is 0.302. The summed E-state index contributed by atoms with van der Waals surface area (Å²) in [5.74, 6) is -0.0954. The summed E-state index contributed by atoms with van der Waals surface area (Å²) in [6.07, 6.45) is 0. The number of hydrogen-bond donors (Lipinski definition) is 0. The Morgan fingerprint density at radius 3 is 1.77 bits per heavy atom. The molecule has 0 spiro atoms. The number of esters is 2. The van der Waals surface area contributed by atoms with Crippen LogP contribution in [0.5, 0.6) is 5.75 Å². The second-order valence-corrected chi connectivity index (χ2v) is 7.97. The van der Waals surface area contributed by atoms with Crippen LogP contribution in [0, 0.1) is 0 Å². The molecule has 0 unspecified atom stereocenters. The molecule has 0 amide bonds. The Labute approximate surface area is 184 Å². The first-order valence-electron chi connectivity index (χ1n) is 10.1. The van der Waals surface area contributed by atoms with Crippen LogP contribution in [0.1, 0.15) is 44.4 Å². The van der Waals surface area contributed by atoms with Crippen LogP contribution < -0.4 is 4.74 Å². The lowest BCUT2D eigenvalue weighted by molar-refractivity contribution is -0.140. The van der Waals surface area contributed by atoms with E-state index in [2.05, 4.69) is 27.0 Å². The van der Waals surface area contributed by atoms with Gasteiger partial charge in [-0.2, -0.15) is 0 Å². The predicted molar refractivity (Wildman–Crippen MR) is 121 cm³/mol. The molecule has 164 valence electrons. The van der Waals surface area contributed by atoms with E-state index in [1.54, 1.807) is 13.8 Å². The Hall–Kier alpha value is -3.34. The lowest BCUT2D eigenvalue weighted by Crippen LogP contribution is -2.19. The monoisotopic (exact) mass is 422 g/mol. The van der Waals surface area contributed by atoms with Crippen molar-refractivity contribution in [3.8, 4) is 5.75 Å². The Kier molecular flexibility index (Phi) is 8.20. The smallest absolute Gasteiger partial charge is 0.333 e. The molecule has 0 aliphatic heterocycles. The summed E-state index contributed by atoms with van der Waals surface area (Å²) >= 11 is 0. The van der Waals surface area contributed by atoms with Gasteiger partial charge in [-0.15, -0.1) is 0 Å². The molecule has 31 heavy (non-hydrogen) atoms. The van der Waals surface area contributed by atoms with E-state index in [-0.39, 0.29) is 31.2 Å². The van der Waals surface area contributed by atoms with Crippen LogP contribution in [-0.2, 0) is 31.1 Å². The molecule has 5 heteroatoms. The number of carbonyl (C=O) groups is 2. The molecule has 0 aromatic heterocycles. The van der Waals surface area contributed by atoms with E-state index in [4.69, 9.17) is 14.2 Å². The molecule has 0 bridgehead atoms. The normalized spacial score (nSPS) is 10.8. The Balaban J connectivity index is 1.95. The molecule has 0 aliphatic rings. The lowest BCUT2D eigenvalue weighted by Gasteiger charge is -2.26. The zero-order chi connectivity index (χ0) is 23.0. The van der Waals surface area contributed by atoms with E-state index in [0.29, 0.717) is 16.9 Å². The zero-order valence-electron chi connectivity index (χ0n) is 18.7. The van der Waals surface area contributed by atoms with Crippen molar-refractivity contribution in [2.45, 2.75) is 39.7 Å². The van der Waals surface area contributed by atoms with Crippen LogP contribution in [-0.4, -0.2) is 25.2 Å². The molecule has 0 N–H and O–H groups in total.